The minimum absolute atomic E-state index is 0.126. The van der Waals surface area contributed by atoms with Crippen LogP contribution in [0.1, 0.15) is 25.0 Å². The van der Waals surface area contributed by atoms with Crippen LogP contribution in [0.25, 0.3) is 11.1 Å². The Labute approximate surface area is 146 Å². The number of nitriles is 1. The Morgan fingerprint density at radius 2 is 1.92 bits per heavy atom. The van der Waals surface area contributed by atoms with E-state index in [0.717, 1.165) is 16.7 Å². The molecule has 1 aliphatic heterocycles. The average molecular weight is 334 g/mol. The second-order valence-electron chi connectivity index (χ2n) is 6.23. The minimum atomic E-state index is -1.06. The number of esters is 1. The summed E-state index contributed by atoms with van der Waals surface area (Å²) in [6.07, 6.45) is 0. The summed E-state index contributed by atoms with van der Waals surface area (Å²) in [7, 11) is 0. The summed E-state index contributed by atoms with van der Waals surface area (Å²) in [6, 6.07) is 16.8. The number of amides is 1. The third-order valence-electron chi connectivity index (χ3n) is 4.60. The molecule has 5 nitrogen and oxygen atoms in total. The maximum Gasteiger partial charge on any atom is 0.303 e. The van der Waals surface area contributed by atoms with Crippen molar-refractivity contribution in [3.8, 4) is 17.2 Å². The van der Waals surface area contributed by atoms with Gasteiger partial charge < -0.3 is 10.1 Å². The van der Waals surface area contributed by atoms with E-state index in [9.17, 15) is 9.59 Å². The highest BCUT2D eigenvalue weighted by atomic mass is 16.6. The standard InChI is InChI=1S/C20H18N2O3/c1-13(23)25-20(2,18-12-22-19(18)24)17-6-4-3-5-16(17)15-9-7-14(11-21)8-10-15/h3-10,18H,12H2,1-2H3,(H,22,24)/t18-,20-/m1/s1. The van der Waals surface area contributed by atoms with Crippen molar-refractivity contribution in [3.63, 3.8) is 0 Å². The Morgan fingerprint density at radius 1 is 1.24 bits per heavy atom. The van der Waals surface area contributed by atoms with Gasteiger partial charge in [0.15, 0.2) is 0 Å². The summed E-state index contributed by atoms with van der Waals surface area (Å²) in [5, 5.41) is 11.7. The van der Waals surface area contributed by atoms with E-state index in [-0.39, 0.29) is 5.91 Å². The van der Waals surface area contributed by atoms with Gasteiger partial charge in [0.05, 0.1) is 17.6 Å². The molecule has 126 valence electrons. The minimum Gasteiger partial charge on any atom is -0.454 e. The van der Waals surface area contributed by atoms with E-state index in [1.807, 2.05) is 36.4 Å². The molecule has 1 saturated heterocycles. The van der Waals surface area contributed by atoms with Crippen LogP contribution in [0.2, 0.25) is 0 Å². The Bertz CT molecular complexity index is 867. The predicted octanol–water partition coefficient (Wildman–Crippen LogP) is 2.75. The van der Waals surface area contributed by atoms with Crippen LogP contribution in [0.15, 0.2) is 48.5 Å². The zero-order valence-electron chi connectivity index (χ0n) is 14.1. The molecular formula is C20H18N2O3. The van der Waals surface area contributed by atoms with Gasteiger partial charge in [-0.1, -0.05) is 36.4 Å². The number of benzene rings is 2. The first-order chi connectivity index (χ1) is 12.0. The second kappa shape index (κ2) is 6.40. The number of carbonyl (C=O) groups excluding carboxylic acids is 2. The highest BCUT2D eigenvalue weighted by molar-refractivity contribution is 5.87. The molecule has 1 heterocycles. The fourth-order valence-corrected chi connectivity index (χ4v) is 3.24. The SMILES string of the molecule is CC(=O)O[C@](C)(c1ccccc1-c1ccc(C#N)cc1)[C@@H]1CNC1=O. The first-order valence-electron chi connectivity index (χ1n) is 8.03. The lowest BCUT2D eigenvalue weighted by Gasteiger charge is -2.42. The zero-order valence-corrected chi connectivity index (χ0v) is 14.1. The lowest BCUT2D eigenvalue weighted by atomic mass is 9.75. The topological polar surface area (TPSA) is 79.2 Å². The highest BCUT2D eigenvalue weighted by Gasteiger charge is 2.49. The lowest BCUT2D eigenvalue weighted by Crippen LogP contribution is -2.59. The summed E-state index contributed by atoms with van der Waals surface area (Å²) < 4.78 is 5.65. The number of hydrogen-bond donors (Lipinski definition) is 1. The third kappa shape index (κ3) is 2.99. The quantitative estimate of drug-likeness (QED) is 0.689. The normalized spacial score (nSPS) is 18.3. The second-order valence-corrected chi connectivity index (χ2v) is 6.23. The van der Waals surface area contributed by atoms with Crippen molar-refractivity contribution in [2.45, 2.75) is 19.4 Å². The third-order valence-corrected chi connectivity index (χ3v) is 4.60. The van der Waals surface area contributed by atoms with Gasteiger partial charge >= 0.3 is 5.97 Å². The summed E-state index contributed by atoms with van der Waals surface area (Å²) in [6.45, 7) is 3.59. The molecule has 3 rings (SSSR count). The van der Waals surface area contributed by atoms with Gasteiger partial charge in [0.25, 0.3) is 0 Å². The highest BCUT2D eigenvalue weighted by Crippen LogP contribution is 2.41. The average Bonchev–Trinajstić information content (AvgIpc) is 2.59. The Morgan fingerprint density at radius 3 is 2.44 bits per heavy atom. The van der Waals surface area contributed by atoms with Gasteiger partial charge in [-0.2, -0.15) is 5.26 Å². The smallest absolute Gasteiger partial charge is 0.303 e. The largest absolute Gasteiger partial charge is 0.454 e. The molecule has 0 saturated carbocycles. The summed E-state index contributed by atoms with van der Waals surface area (Å²) in [5.74, 6) is -0.994. The van der Waals surface area contributed by atoms with Crippen molar-refractivity contribution < 1.29 is 14.3 Å². The molecule has 5 heteroatoms. The lowest BCUT2D eigenvalue weighted by molar-refractivity contribution is -0.170. The van der Waals surface area contributed by atoms with Crippen LogP contribution in [0.3, 0.4) is 0 Å². The predicted molar refractivity (Wildman–Crippen MR) is 92.2 cm³/mol. The molecule has 0 spiro atoms. The molecule has 25 heavy (non-hydrogen) atoms. The van der Waals surface area contributed by atoms with Crippen molar-refractivity contribution in [2.75, 3.05) is 6.54 Å². The molecule has 1 N–H and O–H groups in total. The van der Waals surface area contributed by atoms with E-state index < -0.39 is 17.5 Å². The molecule has 0 aromatic heterocycles. The summed E-state index contributed by atoms with van der Waals surface area (Å²) >= 11 is 0. The van der Waals surface area contributed by atoms with Gasteiger partial charge in [-0.15, -0.1) is 0 Å². The maximum absolute atomic E-state index is 12.0. The molecule has 1 aliphatic rings. The van der Waals surface area contributed by atoms with Crippen LogP contribution in [0.5, 0.6) is 0 Å². The molecule has 2 atom stereocenters. The molecule has 0 bridgehead atoms. The van der Waals surface area contributed by atoms with E-state index in [1.54, 1.807) is 19.1 Å². The molecule has 0 radical (unpaired) electrons. The molecule has 2 aromatic rings. The van der Waals surface area contributed by atoms with E-state index in [2.05, 4.69) is 11.4 Å². The summed E-state index contributed by atoms with van der Waals surface area (Å²) in [5.41, 5.74) is 2.05. The molecular weight excluding hydrogens is 316 g/mol. The van der Waals surface area contributed by atoms with Crippen molar-refractivity contribution in [3.05, 3.63) is 59.7 Å². The van der Waals surface area contributed by atoms with Gasteiger partial charge in [0.2, 0.25) is 5.91 Å². The van der Waals surface area contributed by atoms with Gasteiger partial charge in [-0.3, -0.25) is 9.59 Å². The summed E-state index contributed by atoms with van der Waals surface area (Å²) in [4.78, 5) is 23.8. The number of nitrogens with one attached hydrogen (secondary N) is 1. The van der Waals surface area contributed by atoms with Crippen molar-refractivity contribution in [1.82, 2.24) is 5.32 Å². The number of nitrogens with zero attached hydrogens (tertiary/aromatic N) is 1. The number of β-lactam (4-membered cyclic amide) rings is 1. The fraction of sp³-hybridized carbons (Fsp3) is 0.250. The molecule has 1 amide bonds. The number of rotatable bonds is 4. The number of hydrogen-bond acceptors (Lipinski definition) is 4. The molecule has 2 aromatic carbocycles. The van der Waals surface area contributed by atoms with Crippen LogP contribution in [-0.2, 0) is 19.9 Å². The number of carbonyl (C=O) groups is 2. The van der Waals surface area contributed by atoms with E-state index in [0.29, 0.717) is 12.1 Å². The number of ether oxygens (including phenoxy) is 1. The first-order valence-corrected chi connectivity index (χ1v) is 8.03. The van der Waals surface area contributed by atoms with E-state index >= 15 is 0 Å². The molecule has 1 fully saturated rings. The Hall–Kier alpha value is -3.13. The fourth-order valence-electron chi connectivity index (χ4n) is 3.24. The van der Waals surface area contributed by atoms with Crippen molar-refractivity contribution in [1.29, 1.82) is 5.26 Å². The monoisotopic (exact) mass is 334 g/mol. The van der Waals surface area contributed by atoms with Gasteiger partial charge in [0.1, 0.15) is 5.60 Å². The van der Waals surface area contributed by atoms with Crippen LogP contribution < -0.4 is 5.32 Å². The van der Waals surface area contributed by atoms with Gasteiger partial charge in [-0.05, 0) is 30.2 Å². The Kier molecular flexibility index (Phi) is 4.28. The maximum atomic E-state index is 12.0. The van der Waals surface area contributed by atoms with Crippen LogP contribution >= 0.6 is 0 Å². The van der Waals surface area contributed by atoms with E-state index in [4.69, 9.17) is 10.00 Å². The van der Waals surface area contributed by atoms with Crippen LogP contribution in [-0.4, -0.2) is 18.4 Å². The van der Waals surface area contributed by atoms with Crippen molar-refractivity contribution in [2.24, 2.45) is 5.92 Å². The molecule has 0 unspecified atom stereocenters. The van der Waals surface area contributed by atoms with E-state index in [1.165, 1.54) is 6.92 Å². The van der Waals surface area contributed by atoms with Crippen LogP contribution in [0.4, 0.5) is 0 Å². The zero-order chi connectivity index (χ0) is 18.0. The van der Waals surface area contributed by atoms with Crippen molar-refractivity contribution >= 4 is 11.9 Å². The first kappa shape index (κ1) is 16.7. The van der Waals surface area contributed by atoms with Crippen LogP contribution in [0, 0.1) is 17.2 Å². The Balaban J connectivity index is 2.12. The van der Waals surface area contributed by atoms with Gasteiger partial charge in [0, 0.05) is 19.0 Å². The van der Waals surface area contributed by atoms with Gasteiger partial charge in [-0.25, -0.2) is 0 Å². The molecule has 0 aliphatic carbocycles.